The first-order valence-electron chi connectivity index (χ1n) is 6.43. The van der Waals surface area contributed by atoms with Crippen molar-refractivity contribution in [3.63, 3.8) is 0 Å². The van der Waals surface area contributed by atoms with Crippen molar-refractivity contribution in [2.75, 3.05) is 26.7 Å². The lowest BCUT2D eigenvalue weighted by Gasteiger charge is -2.34. The molecule has 0 bridgehead atoms. The van der Waals surface area contributed by atoms with Gasteiger partial charge in [0.25, 0.3) is 0 Å². The number of carbonyl (C=O) groups is 2. The van der Waals surface area contributed by atoms with Gasteiger partial charge in [-0.3, -0.25) is 9.59 Å². The van der Waals surface area contributed by atoms with E-state index in [0.29, 0.717) is 18.8 Å². The minimum atomic E-state index is -0.268. The maximum Gasteiger partial charge on any atom is 0.245 e. The third-order valence-corrected chi connectivity index (χ3v) is 3.62. The van der Waals surface area contributed by atoms with Crippen molar-refractivity contribution >= 4 is 11.8 Å². The molecule has 0 aliphatic carbocycles. The molecule has 2 heterocycles. The van der Waals surface area contributed by atoms with Gasteiger partial charge >= 0.3 is 0 Å². The highest BCUT2D eigenvalue weighted by molar-refractivity contribution is 5.90. The fourth-order valence-electron chi connectivity index (χ4n) is 2.74. The fraction of sp³-hybridized carbons (Fsp3) is 0.833. The Morgan fingerprint density at radius 3 is 3.00 bits per heavy atom. The van der Waals surface area contributed by atoms with E-state index in [1.54, 1.807) is 0 Å². The molecule has 5 heteroatoms. The third kappa shape index (κ3) is 2.97. The molecule has 2 unspecified atom stereocenters. The summed E-state index contributed by atoms with van der Waals surface area (Å²) in [5.74, 6) is 0.665. The maximum absolute atomic E-state index is 12.2. The number of likely N-dealkylation sites (tertiary alicyclic amines) is 1. The molecule has 2 saturated heterocycles. The molecule has 0 aromatic heterocycles. The predicted octanol–water partition coefficient (Wildman–Crippen LogP) is -0.277. The van der Waals surface area contributed by atoms with Crippen LogP contribution in [0, 0.1) is 5.92 Å². The molecular formula is C12H21N3O2. The van der Waals surface area contributed by atoms with E-state index in [4.69, 9.17) is 0 Å². The first kappa shape index (κ1) is 12.4. The van der Waals surface area contributed by atoms with Crippen LogP contribution in [0.2, 0.25) is 0 Å². The molecule has 2 aliphatic rings. The second kappa shape index (κ2) is 5.49. The molecule has 0 aromatic carbocycles. The van der Waals surface area contributed by atoms with Crippen molar-refractivity contribution in [2.24, 2.45) is 5.92 Å². The Hall–Kier alpha value is -1.10. The monoisotopic (exact) mass is 239 g/mol. The Labute approximate surface area is 102 Å². The van der Waals surface area contributed by atoms with E-state index in [1.165, 1.54) is 6.42 Å². The van der Waals surface area contributed by atoms with Gasteiger partial charge in [-0.2, -0.15) is 0 Å². The van der Waals surface area contributed by atoms with E-state index in [0.717, 1.165) is 26.1 Å². The van der Waals surface area contributed by atoms with Gasteiger partial charge in [-0.15, -0.1) is 0 Å². The molecule has 17 heavy (non-hydrogen) atoms. The van der Waals surface area contributed by atoms with Crippen LogP contribution in [-0.4, -0.2) is 49.4 Å². The van der Waals surface area contributed by atoms with Gasteiger partial charge in [0.05, 0.1) is 0 Å². The van der Waals surface area contributed by atoms with Crippen LogP contribution >= 0.6 is 0 Å². The zero-order valence-electron chi connectivity index (χ0n) is 10.4. The van der Waals surface area contributed by atoms with Crippen molar-refractivity contribution in [1.82, 2.24) is 15.5 Å². The Morgan fingerprint density at radius 1 is 1.53 bits per heavy atom. The first-order chi connectivity index (χ1) is 8.20. The molecule has 96 valence electrons. The fourth-order valence-corrected chi connectivity index (χ4v) is 2.74. The minimum absolute atomic E-state index is 0.00661. The molecule has 5 nitrogen and oxygen atoms in total. The van der Waals surface area contributed by atoms with Crippen molar-refractivity contribution in [1.29, 1.82) is 0 Å². The van der Waals surface area contributed by atoms with Gasteiger partial charge in [0.1, 0.15) is 6.04 Å². The highest BCUT2D eigenvalue weighted by Crippen LogP contribution is 2.18. The second-order valence-electron chi connectivity index (χ2n) is 5.01. The molecule has 2 N–H and O–H groups in total. The summed E-state index contributed by atoms with van der Waals surface area (Å²) >= 11 is 0. The van der Waals surface area contributed by atoms with E-state index >= 15 is 0 Å². The molecule has 0 radical (unpaired) electrons. The minimum Gasteiger partial charge on any atom is -0.344 e. The largest absolute Gasteiger partial charge is 0.344 e. The molecule has 0 saturated carbocycles. The molecule has 0 aromatic rings. The van der Waals surface area contributed by atoms with Crippen molar-refractivity contribution < 1.29 is 9.59 Å². The molecule has 2 rings (SSSR count). The summed E-state index contributed by atoms with van der Waals surface area (Å²) in [6, 6.07) is -0.268. The number of amides is 2. The summed E-state index contributed by atoms with van der Waals surface area (Å²) in [5, 5.41) is 5.92. The average molecular weight is 239 g/mol. The second-order valence-corrected chi connectivity index (χ2v) is 5.01. The molecule has 2 aliphatic heterocycles. The van der Waals surface area contributed by atoms with Gasteiger partial charge in [0.15, 0.2) is 0 Å². The average Bonchev–Trinajstić information content (AvgIpc) is 2.76. The van der Waals surface area contributed by atoms with Crippen LogP contribution in [0.15, 0.2) is 0 Å². The van der Waals surface area contributed by atoms with Crippen LogP contribution in [0.3, 0.4) is 0 Å². The Bertz CT molecular complexity index is 304. The number of nitrogens with one attached hydrogen (secondary N) is 2. The van der Waals surface area contributed by atoms with Crippen LogP contribution < -0.4 is 10.6 Å². The summed E-state index contributed by atoms with van der Waals surface area (Å²) in [7, 11) is 1.94. The van der Waals surface area contributed by atoms with Crippen LogP contribution in [-0.2, 0) is 9.59 Å². The van der Waals surface area contributed by atoms with E-state index < -0.39 is 0 Å². The summed E-state index contributed by atoms with van der Waals surface area (Å²) < 4.78 is 0. The highest BCUT2D eigenvalue weighted by Gasteiger charge is 2.32. The first-order valence-corrected chi connectivity index (χ1v) is 6.43. The summed E-state index contributed by atoms with van der Waals surface area (Å²) in [6.07, 6.45) is 3.40. The lowest BCUT2D eigenvalue weighted by molar-refractivity contribution is -0.136. The van der Waals surface area contributed by atoms with Crippen molar-refractivity contribution in [3.8, 4) is 0 Å². The lowest BCUT2D eigenvalue weighted by Crippen LogP contribution is -2.49. The molecule has 0 spiro atoms. The number of carbonyl (C=O) groups excluding carboxylic acids is 2. The van der Waals surface area contributed by atoms with E-state index in [9.17, 15) is 9.59 Å². The topological polar surface area (TPSA) is 61.4 Å². The zero-order chi connectivity index (χ0) is 12.3. The number of nitrogens with zero attached hydrogens (tertiary/aromatic N) is 1. The molecule has 2 atom stereocenters. The Morgan fingerprint density at radius 2 is 2.35 bits per heavy atom. The van der Waals surface area contributed by atoms with Crippen molar-refractivity contribution in [2.45, 2.75) is 31.7 Å². The Balaban J connectivity index is 1.88. The molecule has 2 fully saturated rings. The molecular weight excluding hydrogens is 218 g/mol. The normalized spacial score (nSPS) is 29.2. The van der Waals surface area contributed by atoms with Crippen LogP contribution in [0.25, 0.3) is 0 Å². The number of piperidine rings is 1. The lowest BCUT2D eigenvalue weighted by atomic mass is 9.97. The quantitative estimate of drug-likeness (QED) is 0.712. The predicted molar refractivity (Wildman–Crippen MR) is 64.4 cm³/mol. The number of rotatable bonds is 3. The van der Waals surface area contributed by atoms with Gasteiger partial charge in [0.2, 0.25) is 11.8 Å². The zero-order valence-corrected chi connectivity index (χ0v) is 10.4. The highest BCUT2D eigenvalue weighted by atomic mass is 16.2. The van der Waals surface area contributed by atoms with E-state index in [2.05, 4.69) is 10.6 Å². The Kier molecular flexibility index (Phi) is 3.99. The summed E-state index contributed by atoms with van der Waals surface area (Å²) in [6.45, 7) is 2.62. The number of hydrogen-bond acceptors (Lipinski definition) is 3. The van der Waals surface area contributed by atoms with E-state index in [-0.39, 0.29) is 17.9 Å². The van der Waals surface area contributed by atoms with Gasteiger partial charge in [-0.1, -0.05) is 0 Å². The van der Waals surface area contributed by atoms with Crippen LogP contribution in [0.1, 0.15) is 25.7 Å². The van der Waals surface area contributed by atoms with Crippen LogP contribution in [0.4, 0.5) is 0 Å². The third-order valence-electron chi connectivity index (χ3n) is 3.62. The van der Waals surface area contributed by atoms with Crippen LogP contribution in [0.5, 0.6) is 0 Å². The van der Waals surface area contributed by atoms with Gasteiger partial charge in [-0.05, 0) is 38.8 Å². The SMILES string of the molecule is CNCC1CCCN(C(=O)C2CCC(=O)N2)C1. The summed E-state index contributed by atoms with van der Waals surface area (Å²) in [4.78, 5) is 25.2. The standard InChI is InChI=1S/C12H21N3O2/c1-13-7-9-3-2-6-15(8-9)12(17)10-4-5-11(16)14-10/h9-10,13H,2-8H2,1H3,(H,14,16). The van der Waals surface area contributed by atoms with Gasteiger partial charge < -0.3 is 15.5 Å². The van der Waals surface area contributed by atoms with Gasteiger partial charge in [-0.25, -0.2) is 0 Å². The smallest absolute Gasteiger partial charge is 0.245 e. The summed E-state index contributed by atoms with van der Waals surface area (Å²) in [5.41, 5.74) is 0. The molecule has 2 amide bonds. The number of hydrogen-bond donors (Lipinski definition) is 2. The van der Waals surface area contributed by atoms with E-state index in [1.807, 2.05) is 11.9 Å². The van der Waals surface area contributed by atoms with Gasteiger partial charge in [0, 0.05) is 19.5 Å². The maximum atomic E-state index is 12.2. The van der Waals surface area contributed by atoms with Crippen molar-refractivity contribution in [3.05, 3.63) is 0 Å².